The van der Waals surface area contributed by atoms with Crippen molar-refractivity contribution in [1.29, 1.82) is 10.5 Å². The van der Waals surface area contributed by atoms with Crippen LogP contribution in [-0.2, 0) is 9.47 Å². The summed E-state index contributed by atoms with van der Waals surface area (Å²) in [5.74, 6) is 0.509. The van der Waals surface area contributed by atoms with Gasteiger partial charge in [0.05, 0.1) is 53.4 Å². The van der Waals surface area contributed by atoms with Crippen molar-refractivity contribution in [3.05, 3.63) is 19.6 Å². The first-order chi connectivity index (χ1) is 17.3. The summed E-state index contributed by atoms with van der Waals surface area (Å²) in [4.78, 5) is 27.2. The van der Waals surface area contributed by atoms with E-state index in [1.165, 1.54) is 47.0 Å². The van der Waals surface area contributed by atoms with Gasteiger partial charge < -0.3 is 18.9 Å². The molecule has 0 bridgehead atoms. The molecule has 0 aromatic heterocycles. The lowest BCUT2D eigenvalue weighted by Gasteiger charge is -2.16. The van der Waals surface area contributed by atoms with E-state index in [4.69, 9.17) is 18.9 Å². The fraction of sp³-hybridized carbons (Fsp3) is 0.417. The van der Waals surface area contributed by atoms with Crippen LogP contribution in [0.2, 0.25) is 0 Å². The Bertz CT molecular complexity index is 1080. The van der Waals surface area contributed by atoms with E-state index < -0.39 is 12.3 Å². The van der Waals surface area contributed by atoms with Gasteiger partial charge in [0.2, 0.25) is 0 Å². The molecular weight excluding hydrogens is 541 g/mol. The molecule has 2 aliphatic heterocycles. The number of hydrogen-bond donors (Lipinski definition) is 0. The number of carbonyl (C=O) groups is 2. The third kappa shape index (κ3) is 6.48. The maximum atomic E-state index is 12.5. The van der Waals surface area contributed by atoms with Crippen LogP contribution in [0.5, 0.6) is 11.5 Å². The predicted molar refractivity (Wildman–Crippen MR) is 140 cm³/mol. The third-order valence-corrected chi connectivity index (χ3v) is 10.4. The van der Waals surface area contributed by atoms with Gasteiger partial charge in [-0.05, 0) is 26.7 Å². The minimum Gasteiger partial charge on any atom is -0.434 e. The molecule has 2 heterocycles. The van der Waals surface area contributed by atoms with Crippen LogP contribution < -0.4 is 9.47 Å². The summed E-state index contributed by atoms with van der Waals surface area (Å²) >= 11 is 5.05. The fourth-order valence-corrected chi connectivity index (χ4v) is 8.00. The summed E-state index contributed by atoms with van der Waals surface area (Å²) in [6, 6.07) is 4.27. The Balaban J connectivity index is 2.11. The summed E-state index contributed by atoms with van der Waals surface area (Å²) in [5.41, 5.74) is 0.964. The van der Waals surface area contributed by atoms with Gasteiger partial charge in [-0.15, -0.1) is 0 Å². The van der Waals surface area contributed by atoms with Crippen LogP contribution in [0, 0.1) is 22.7 Å². The quantitative estimate of drug-likeness (QED) is 0.131. The third-order valence-electron chi connectivity index (χ3n) is 4.77. The van der Waals surface area contributed by atoms with Gasteiger partial charge in [0.15, 0.2) is 11.5 Å². The van der Waals surface area contributed by atoms with Gasteiger partial charge in [-0.1, -0.05) is 73.7 Å². The number of allylic oxidation sites excluding steroid dienone is 2. The molecule has 0 fully saturated rings. The molecule has 0 saturated heterocycles. The van der Waals surface area contributed by atoms with Gasteiger partial charge in [0, 0.05) is 11.1 Å². The van der Waals surface area contributed by atoms with Crippen LogP contribution >= 0.6 is 47.0 Å². The second kappa shape index (κ2) is 13.2. The van der Waals surface area contributed by atoms with Crippen LogP contribution in [0.4, 0.5) is 9.59 Å². The number of hydrogen-bond acceptors (Lipinski definition) is 12. The molecule has 0 unspecified atom stereocenters. The topological polar surface area (TPSA) is 119 Å². The maximum absolute atomic E-state index is 12.5. The average molecular weight is 565 g/mol. The van der Waals surface area contributed by atoms with Gasteiger partial charge in [0.1, 0.15) is 0 Å². The van der Waals surface area contributed by atoms with E-state index in [2.05, 4.69) is 12.1 Å². The van der Waals surface area contributed by atoms with Crippen LogP contribution in [0.15, 0.2) is 39.2 Å². The normalized spacial score (nSPS) is 13.3. The Morgan fingerprint density at radius 1 is 0.694 bits per heavy atom. The average Bonchev–Trinajstić information content (AvgIpc) is 3.51. The Kier molecular flexibility index (Phi) is 10.4. The van der Waals surface area contributed by atoms with E-state index in [0.717, 1.165) is 12.8 Å². The number of benzene rings is 1. The summed E-state index contributed by atoms with van der Waals surface area (Å²) < 4.78 is 23.2. The number of unbranched alkanes of at least 4 members (excludes halogenated alkanes) is 2. The largest absolute Gasteiger partial charge is 0.513 e. The van der Waals surface area contributed by atoms with Crippen molar-refractivity contribution in [3.8, 4) is 23.6 Å². The number of carbonyl (C=O) groups excluding carboxylic acids is 2. The molecule has 8 nitrogen and oxygen atoms in total. The Morgan fingerprint density at radius 3 is 1.31 bits per heavy atom. The predicted octanol–water partition coefficient (Wildman–Crippen LogP) is 8.22. The van der Waals surface area contributed by atoms with Crippen LogP contribution in [0.1, 0.15) is 53.4 Å². The lowest BCUT2D eigenvalue weighted by molar-refractivity contribution is 0.0919. The Hall–Kier alpha value is -2.38. The number of fused-ring (bicyclic) bond motifs is 2. The highest BCUT2D eigenvalue weighted by Crippen LogP contribution is 2.68. The molecule has 3 rings (SSSR count). The minimum atomic E-state index is -0.847. The molecule has 0 saturated carbocycles. The highest BCUT2D eigenvalue weighted by molar-refractivity contribution is 8.25. The number of nitriles is 2. The molecule has 36 heavy (non-hydrogen) atoms. The van der Waals surface area contributed by atoms with E-state index in [1.54, 1.807) is 13.8 Å². The first-order valence-electron chi connectivity index (χ1n) is 11.2. The Labute approximate surface area is 227 Å². The first kappa shape index (κ1) is 28.2. The SMILES string of the molecule is CCCCOC(=O)Oc1c2c(c(OC(=O)OCCCC)c3c1SC(=C(C)C#N)S3)SC(=C(C)C#N)S2. The van der Waals surface area contributed by atoms with Gasteiger partial charge in [0.25, 0.3) is 0 Å². The summed E-state index contributed by atoms with van der Waals surface area (Å²) in [5, 5.41) is 18.9. The lowest BCUT2D eigenvalue weighted by atomic mass is 10.3. The zero-order valence-electron chi connectivity index (χ0n) is 20.2. The molecule has 12 heteroatoms. The summed E-state index contributed by atoms with van der Waals surface area (Å²) in [7, 11) is 0. The highest BCUT2D eigenvalue weighted by Gasteiger charge is 2.39. The van der Waals surface area contributed by atoms with E-state index in [1.807, 2.05) is 13.8 Å². The molecule has 0 N–H and O–H groups in total. The van der Waals surface area contributed by atoms with Crippen molar-refractivity contribution in [2.45, 2.75) is 73.0 Å². The van der Waals surface area contributed by atoms with Crippen LogP contribution in [0.25, 0.3) is 0 Å². The Morgan fingerprint density at radius 2 is 1.03 bits per heavy atom. The molecule has 1 aromatic carbocycles. The molecule has 0 atom stereocenters. The summed E-state index contributed by atoms with van der Waals surface area (Å²) in [6.45, 7) is 7.80. The number of rotatable bonds is 8. The van der Waals surface area contributed by atoms with Crippen molar-refractivity contribution in [2.24, 2.45) is 0 Å². The standard InChI is InChI=1S/C24H24N2O6S4/c1-5-7-9-29-23(27)31-15-17-19(35-21(33-17)13(3)11-25)16(32-24(28)30-10-8-6-2)20-18(15)34-22(36-20)14(4)12-26/h5-10H2,1-4H3. The van der Waals surface area contributed by atoms with Gasteiger partial charge >= 0.3 is 12.3 Å². The van der Waals surface area contributed by atoms with E-state index in [-0.39, 0.29) is 24.7 Å². The maximum Gasteiger partial charge on any atom is 0.513 e. The molecule has 2 aliphatic rings. The van der Waals surface area contributed by atoms with Gasteiger partial charge in [-0.3, -0.25) is 0 Å². The van der Waals surface area contributed by atoms with E-state index >= 15 is 0 Å². The molecular formula is C24H24N2O6S4. The molecule has 0 aliphatic carbocycles. The second-order valence-corrected chi connectivity index (χ2v) is 12.1. The minimum absolute atomic E-state index is 0.228. The smallest absolute Gasteiger partial charge is 0.434 e. The van der Waals surface area contributed by atoms with Crippen LogP contribution in [-0.4, -0.2) is 25.5 Å². The number of thioether (sulfide) groups is 4. The summed E-state index contributed by atoms with van der Waals surface area (Å²) in [6.07, 6.45) is 1.44. The monoisotopic (exact) mass is 564 g/mol. The fourth-order valence-electron chi connectivity index (χ4n) is 2.81. The highest BCUT2D eigenvalue weighted by atomic mass is 32.2. The first-order valence-corrected chi connectivity index (χ1v) is 14.5. The van der Waals surface area contributed by atoms with Crippen LogP contribution in [0.3, 0.4) is 0 Å². The van der Waals surface area contributed by atoms with Gasteiger partial charge in [-0.25, -0.2) is 9.59 Å². The number of ether oxygens (including phenoxy) is 4. The molecule has 1 aromatic rings. The van der Waals surface area contributed by atoms with Gasteiger partial charge in [-0.2, -0.15) is 10.5 Å². The van der Waals surface area contributed by atoms with Crippen molar-refractivity contribution in [3.63, 3.8) is 0 Å². The van der Waals surface area contributed by atoms with Crippen molar-refractivity contribution in [1.82, 2.24) is 0 Å². The zero-order valence-corrected chi connectivity index (χ0v) is 23.5. The van der Waals surface area contributed by atoms with E-state index in [0.29, 0.717) is 52.0 Å². The molecule has 0 amide bonds. The second-order valence-electron chi connectivity index (χ2n) is 7.54. The van der Waals surface area contributed by atoms with Crippen molar-refractivity contribution >= 4 is 59.4 Å². The lowest BCUT2D eigenvalue weighted by Crippen LogP contribution is -2.14. The molecule has 0 radical (unpaired) electrons. The number of nitrogens with zero attached hydrogens (tertiary/aromatic N) is 2. The molecule has 190 valence electrons. The molecule has 0 spiro atoms. The van der Waals surface area contributed by atoms with Crippen molar-refractivity contribution < 1.29 is 28.5 Å². The van der Waals surface area contributed by atoms with Crippen molar-refractivity contribution in [2.75, 3.05) is 13.2 Å². The zero-order chi connectivity index (χ0) is 26.2. The van der Waals surface area contributed by atoms with E-state index in [9.17, 15) is 20.1 Å².